The second kappa shape index (κ2) is 7.76. The fraction of sp³-hybridized carbons (Fsp3) is 0.316. The molecule has 1 atom stereocenters. The molecule has 0 saturated carbocycles. The molecule has 1 saturated heterocycles. The molecule has 6 heteroatoms. The zero-order valence-electron chi connectivity index (χ0n) is 14.3. The second-order valence-corrected chi connectivity index (χ2v) is 6.35. The van der Waals surface area contributed by atoms with Crippen LogP contribution in [-0.4, -0.2) is 39.3 Å². The topological polar surface area (TPSA) is 50.8 Å². The van der Waals surface area contributed by atoms with Crippen LogP contribution in [0.25, 0.3) is 0 Å². The highest BCUT2D eigenvalue weighted by molar-refractivity contribution is 6.32. The van der Waals surface area contributed by atoms with E-state index in [1.165, 1.54) is 0 Å². The summed E-state index contributed by atoms with van der Waals surface area (Å²) in [5, 5.41) is 3.30. The average molecular weight is 361 g/mol. The molecule has 1 heterocycles. The molecule has 2 aromatic carbocycles. The first-order chi connectivity index (χ1) is 12.1. The van der Waals surface area contributed by atoms with Crippen molar-refractivity contribution in [1.82, 2.24) is 0 Å². The maximum absolute atomic E-state index is 12.4. The molecule has 25 heavy (non-hydrogen) atoms. The minimum atomic E-state index is -0.177. The number of carbonyl (C=O) groups excluding carboxylic acids is 1. The van der Waals surface area contributed by atoms with Gasteiger partial charge in [0, 0.05) is 37.1 Å². The molecule has 2 aromatic rings. The molecule has 0 aromatic heterocycles. The van der Waals surface area contributed by atoms with Crippen LogP contribution < -0.4 is 15.0 Å². The van der Waals surface area contributed by atoms with Gasteiger partial charge in [0.1, 0.15) is 5.75 Å². The van der Waals surface area contributed by atoms with Crippen molar-refractivity contribution in [2.24, 2.45) is 0 Å². The summed E-state index contributed by atoms with van der Waals surface area (Å²) >= 11 is 6.08. The minimum Gasteiger partial charge on any atom is -0.495 e. The molecule has 1 fully saturated rings. The van der Waals surface area contributed by atoms with E-state index >= 15 is 0 Å². The summed E-state index contributed by atoms with van der Waals surface area (Å²) in [7, 11) is 3.29. The van der Waals surface area contributed by atoms with E-state index in [1.807, 2.05) is 24.3 Å². The van der Waals surface area contributed by atoms with E-state index in [1.54, 1.807) is 32.4 Å². The van der Waals surface area contributed by atoms with Gasteiger partial charge in [-0.05, 0) is 48.9 Å². The largest absolute Gasteiger partial charge is 0.495 e. The Bertz CT molecular complexity index is 749. The SMILES string of the molecule is COc1ccc(NC(=O)c2ccc(N3CC[C@@H](OC)C3)cc2)cc1Cl. The number of anilines is 2. The highest BCUT2D eigenvalue weighted by Gasteiger charge is 2.22. The first kappa shape index (κ1) is 17.6. The van der Waals surface area contributed by atoms with Gasteiger partial charge in [0.05, 0.1) is 18.2 Å². The summed E-state index contributed by atoms with van der Waals surface area (Å²) in [6.45, 7) is 1.85. The lowest BCUT2D eigenvalue weighted by molar-refractivity contribution is 0.102. The molecule has 0 bridgehead atoms. The molecule has 5 nitrogen and oxygen atoms in total. The van der Waals surface area contributed by atoms with Crippen molar-refractivity contribution in [3.05, 3.63) is 53.1 Å². The van der Waals surface area contributed by atoms with Gasteiger partial charge in [-0.3, -0.25) is 4.79 Å². The van der Waals surface area contributed by atoms with Crippen molar-refractivity contribution in [2.45, 2.75) is 12.5 Å². The van der Waals surface area contributed by atoms with Gasteiger partial charge in [0.2, 0.25) is 0 Å². The van der Waals surface area contributed by atoms with Crippen molar-refractivity contribution in [3.8, 4) is 5.75 Å². The van der Waals surface area contributed by atoms with Gasteiger partial charge < -0.3 is 19.7 Å². The second-order valence-electron chi connectivity index (χ2n) is 5.94. The zero-order valence-corrected chi connectivity index (χ0v) is 15.0. The van der Waals surface area contributed by atoms with Crippen LogP contribution in [-0.2, 0) is 4.74 Å². The summed E-state index contributed by atoms with van der Waals surface area (Å²) in [6.07, 6.45) is 1.31. The Balaban J connectivity index is 1.66. The lowest BCUT2D eigenvalue weighted by Gasteiger charge is -2.18. The molecule has 0 aliphatic carbocycles. The van der Waals surface area contributed by atoms with E-state index in [0.29, 0.717) is 22.0 Å². The monoisotopic (exact) mass is 360 g/mol. The number of carbonyl (C=O) groups is 1. The number of methoxy groups -OCH3 is 2. The number of nitrogens with zero attached hydrogens (tertiary/aromatic N) is 1. The third kappa shape index (κ3) is 4.06. The number of halogens is 1. The molecule has 1 amide bonds. The predicted octanol–water partition coefficient (Wildman–Crippen LogP) is 3.83. The lowest BCUT2D eigenvalue weighted by atomic mass is 10.1. The van der Waals surface area contributed by atoms with Crippen LogP contribution in [0.4, 0.5) is 11.4 Å². The van der Waals surface area contributed by atoms with Crippen LogP contribution in [0.1, 0.15) is 16.8 Å². The molecular formula is C19H21ClN2O3. The lowest BCUT2D eigenvalue weighted by Crippen LogP contribution is -2.22. The molecule has 1 aliphatic rings. The molecule has 1 N–H and O–H groups in total. The smallest absolute Gasteiger partial charge is 0.255 e. The van der Waals surface area contributed by atoms with E-state index in [-0.39, 0.29) is 12.0 Å². The van der Waals surface area contributed by atoms with Crippen molar-refractivity contribution >= 4 is 28.9 Å². The number of benzene rings is 2. The van der Waals surface area contributed by atoms with Gasteiger partial charge in [0.25, 0.3) is 5.91 Å². The average Bonchev–Trinajstić information content (AvgIpc) is 3.11. The summed E-state index contributed by atoms with van der Waals surface area (Å²) in [4.78, 5) is 14.7. The maximum Gasteiger partial charge on any atom is 0.255 e. The molecule has 0 unspecified atom stereocenters. The predicted molar refractivity (Wildman–Crippen MR) is 100 cm³/mol. The van der Waals surface area contributed by atoms with Crippen molar-refractivity contribution in [3.63, 3.8) is 0 Å². The fourth-order valence-corrected chi connectivity index (χ4v) is 3.18. The Labute approximate surface area is 152 Å². The minimum absolute atomic E-state index is 0.177. The Kier molecular flexibility index (Phi) is 5.46. The van der Waals surface area contributed by atoms with Crippen LogP contribution in [0, 0.1) is 0 Å². The summed E-state index contributed by atoms with van der Waals surface area (Å²) < 4.78 is 10.5. The normalized spacial score (nSPS) is 16.8. The fourth-order valence-electron chi connectivity index (χ4n) is 2.93. The van der Waals surface area contributed by atoms with E-state index in [0.717, 1.165) is 25.2 Å². The number of rotatable bonds is 5. The van der Waals surface area contributed by atoms with E-state index in [2.05, 4.69) is 10.2 Å². The molecule has 132 valence electrons. The summed E-state index contributed by atoms with van der Waals surface area (Å²) in [6, 6.07) is 12.7. The highest BCUT2D eigenvalue weighted by atomic mass is 35.5. The van der Waals surface area contributed by atoms with Gasteiger partial charge >= 0.3 is 0 Å². The van der Waals surface area contributed by atoms with Crippen LogP contribution in [0.2, 0.25) is 5.02 Å². The van der Waals surface area contributed by atoms with Gasteiger partial charge in [-0.2, -0.15) is 0 Å². The van der Waals surface area contributed by atoms with Gasteiger partial charge in [-0.25, -0.2) is 0 Å². The van der Waals surface area contributed by atoms with Crippen LogP contribution >= 0.6 is 11.6 Å². The quantitative estimate of drug-likeness (QED) is 0.880. The number of ether oxygens (including phenoxy) is 2. The number of hydrogen-bond donors (Lipinski definition) is 1. The van der Waals surface area contributed by atoms with Crippen LogP contribution in [0.5, 0.6) is 5.75 Å². The van der Waals surface area contributed by atoms with Gasteiger partial charge in [-0.1, -0.05) is 11.6 Å². The van der Waals surface area contributed by atoms with Crippen LogP contribution in [0.3, 0.4) is 0 Å². The first-order valence-corrected chi connectivity index (χ1v) is 8.51. The first-order valence-electron chi connectivity index (χ1n) is 8.13. The third-order valence-electron chi connectivity index (χ3n) is 4.38. The van der Waals surface area contributed by atoms with Gasteiger partial charge in [0.15, 0.2) is 0 Å². The molecule has 0 radical (unpaired) electrons. The molecular weight excluding hydrogens is 340 g/mol. The van der Waals surface area contributed by atoms with E-state index in [9.17, 15) is 4.79 Å². The Morgan fingerprint density at radius 3 is 2.56 bits per heavy atom. The van der Waals surface area contributed by atoms with Crippen molar-refractivity contribution in [1.29, 1.82) is 0 Å². The number of hydrogen-bond acceptors (Lipinski definition) is 4. The van der Waals surface area contributed by atoms with Crippen LogP contribution in [0.15, 0.2) is 42.5 Å². The highest BCUT2D eigenvalue weighted by Crippen LogP contribution is 2.27. The molecule has 3 rings (SSSR count). The Morgan fingerprint density at radius 1 is 1.20 bits per heavy atom. The van der Waals surface area contributed by atoms with E-state index < -0.39 is 0 Å². The summed E-state index contributed by atoms with van der Waals surface area (Å²) in [5.41, 5.74) is 2.32. The number of nitrogens with one attached hydrogen (secondary N) is 1. The standard InChI is InChI=1S/C19H21ClN2O3/c1-24-16-9-10-22(12-16)15-6-3-13(4-7-15)19(23)21-14-5-8-18(25-2)17(20)11-14/h3-8,11,16H,9-10,12H2,1-2H3,(H,21,23)/t16-/m1/s1. The molecule has 1 aliphatic heterocycles. The summed E-state index contributed by atoms with van der Waals surface area (Å²) in [5.74, 6) is 0.396. The van der Waals surface area contributed by atoms with Crippen molar-refractivity contribution in [2.75, 3.05) is 37.5 Å². The van der Waals surface area contributed by atoms with E-state index in [4.69, 9.17) is 21.1 Å². The number of amides is 1. The van der Waals surface area contributed by atoms with Gasteiger partial charge in [-0.15, -0.1) is 0 Å². The maximum atomic E-state index is 12.4. The Morgan fingerprint density at radius 2 is 1.96 bits per heavy atom. The Hall–Kier alpha value is -2.24. The zero-order chi connectivity index (χ0) is 17.8. The third-order valence-corrected chi connectivity index (χ3v) is 4.68. The molecule has 0 spiro atoms. The van der Waals surface area contributed by atoms with Crippen molar-refractivity contribution < 1.29 is 14.3 Å².